The molecule has 4 heteroatoms. The van der Waals surface area contributed by atoms with Gasteiger partial charge in [0.2, 0.25) is 4.90 Å². The zero-order chi connectivity index (χ0) is 17.6. The van der Waals surface area contributed by atoms with E-state index in [4.69, 9.17) is 16.3 Å². The van der Waals surface area contributed by atoms with Gasteiger partial charge < -0.3 is 9.29 Å². The van der Waals surface area contributed by atoms with Gasteiger partial charge in [-0.05, 0) is 24.6 Å². The number of hydrogen-bond donors (Lipinski definition) is 0. The Kier molecular flexibility index (Phi) is 6.69. The molecule has 1 aliphatic heterocycles. The zero-order valence-corrected chi connectivity index (χ0v) is 16.3. The van der Waals surface area contributed by atoms with E-state index in [1.54, 1.807) is 0 Å². The first kappa shape index (κ1) is 18.6. The van der Waals surface area contributed by atoms with E-state index >= 15 is 0 Å². The molecule has 0 N–H and O–H groups in total. The van der Waals surface area contributed by atoms with Crippen LogP contribution in [0.1, 0.15) is 56.6 Å². The summed E-state index contributed by atoms with van der Waals surface area (Å²) in [5.41, 5.74) is 2.03. The summed E-state index contributed by atoms with van der Waals surface area (Å²) in [5.74, 6) is 0.723. The molecular formula is C21H25ClO2S. The molecular weight excluding hydrogens is 352 g/mol. The van der Waals surface area contributed by atoms with Gasteiger partial charge in [0.05, 0.1) is 6.61 Å². The summed E-state index contributed by atoms with van der Waals surface area (Å²) in [6.07, 6.45) is 8.06. The molecule has 2 aromatic rings. The van der Waals surface area contributed by atoms with E-state index in [1.165, 1.54) is 32.1 Å². The first-order valence-corrected chi connectivity index (χ1v) is 10.7. The average molecular weight is 377 g/mol. The van der Waals surface area contributed by atoms with E-state index in [0.717, 1.165) is 33.1 Å². The Bertz CT molecular complexity index is 717. The quantitative estimate of drug-likeness (QED) is 0.408. The van der Waals surface area contributed by atoms with Crippen LogP contribution >= 0.6 is 11.6 Å². The van der Waals surface area contributed by atoms with E-state index in [9.17, 15) is 4.55 Å². The van der Waals surface area contributed by atoms with Crippen LogP contribution < -0.4 is 4.74 Å². The summed E-state index contributed by atoms with van der Waals surface area (Å²) in [7, 11) is 0. The molecule has 0 saturated carbocycles. The summed E-state index contributed by atoms with van der Waals surface area (Å²) in [6, 6.07) is 11.6. The van der Waals surface area contributed by atoms with Gasteiger partial charge in [-0.25, -0.2) is 0 Å². The third kappa shape index (κ3) is 4.33. The molecule has 2 nitrogen and oxygen atoms in total. The van der Waals surface area contributed by atoms with Crippen molar-refractivity contribution in [2.75, 3.05) is 6.61 Å². The van der Waals surface area contributed by atoms with Gasteiger partial charge in [0.25, 0.3) is 0 Å². The van der Waals surface area contributed by atoms with E-state index < -0.39 is 11.2 Å². The van der Waals surface area contributed by atoms with Crippen molar-refractivity contribution in [1.82, 2.24) is 0 Å². The van der Waals surface area contributed by atoms with Gasteiger partial charge in [-0.15, -0.1) is 0 Å². The number of benzene rings is 2. The molecule has 0 aromatic heterocycles. The van der Waals surface area contributed by atoms with Crippen LogP contribution in [-0.2, 0) is 17.6 Å². The Morgan fingerprint density at radius 1 is 1.04 bits per heavy atom. The predicted molar refractivity (Wildman–Crippen MR) is 104 cm³/mol. The highest BCUT2D eigenvalue weighted by atomic mass is 35.5. The van der Waals surface area contributed by atoms with E-state index in [2.05, 4.69) is 6.92 Å². The number of halogens is 1. The van der Waals surface area contributed by atoms with Crippen molar-refractivity contribution in [2.45, 2.75) is 61.7 Å². The lowest BCUT2D eigenvalue weighted by atomic mass is 10.0. The molecule has 0 fully saturated rings. The number of ether oxygens (including phenoxy) is 1. The van der Waals surface area contributed by atoms with Crippen LogP contribution in [0, 0.1) is 0 Å². The van der Waals surface area contributed by atoms with Crippen molar-refractivity contribution in [2.24, 2.45) is 0 Å². The van der Waals surface area contributed by atoms with E-state index in [0.29, 0.717) is 18.1 Å². The lowest BCUT2D eigenvalue weighted by Gasteiger charge is -2.24. The maximum absolute atomic E-state index is 13.1. The predicted octanol–water partition coefficient (Wildman–Crippen LogP) is 6.15. The standard InChI is InChI=1S/C21H25ClO2S/c1-2-3-4-5-6-9-14-24-19-13-12-18(22)17-15-16-10-7-8-11-20(16)25(23)21(17)19/h7-8,10-13H,2-6,9,14-15H2,1H3. The maximum Gasteiger partial charge on any atom is 0.205 e. The first-order valence-electron chi connectivity index (χ1n) is 9.16. The molecule has 0 radical (unpaired) electrons. The Morgan fingerprint density at radius 2 is 1.80 bits per heavy atom. The SMILES string of the molecule is CCCCCCCCOc1ccc(Cl)c2c1[S+]([O-])c1ccccc1C2. The second kappa shape index (κ2) is 8.98. The van der Waals surface area contributed by atoms with Crippen LogP contribution in [0.3, 0.4) is 0 Å². The summed E-state index contributed by atoms with van der Waals surface area (Å²) >= 11 is 5.16. The van der Waals surface area contributed by atoms with E-state index in [1.807, 2.05) is 36.4 Å². The van der Waals surface area contributed by atoms with Crippen molar-refractivity contribution >= 4 is 22.8 Å². The van der Waals surface area contributed by atoms with E-state index in [-0.39, 0.29) is 0 Å². The van der Waals surface area contributed by atoms with Crippen LogP contribution in [0.4, 0.5) is 0 Å². The average Bonchev–Trinajstić information content (AvgIpc) is 2.63. The Balaban J connectivity index is 1.69. The van der Waals surface area contributed by atoms with Crippen LogP contribution in [0.15, 0.2) is 46.2 Å². The number of unbranched alkanes of at least 4 members (excludes halogenated alkanes) is 5. The van der Waals surface area contributed by atoms with Gasteiger partial charge in [0.15, 0.2) is 10.6 Å². The third-order valence-electron chi connectivity index (χ3n) is 4.65. The molecule has 0 spiro atoms. The molecule has 134 valence electrons. The lowest BCUT2D eigenvalue weighted by Crippen LogP contribution is -2.17. The molecule has 0 aliphatic carbocycles. The minimum atomic E-state index is -1.23. The summed E-state index contributed by atoms with van der Waals surface area (Å²) in [4.78, 5) is 1.64. The van der Waals surface area contributed by atoms with Crippen molar-refractivity contribution in [3.8, 4) is 5.75 Å². The fourth-order valence-corrected chi connectivity index (χ4v) is 5.06. The van der Waals surface area contributed by atoms with Gasteiger partial charge in [0.1, 0.15) is 0 Å². The Morgan fingerprint density at radius 3 is 2.64 bits per heavy atom. The molecule has 2 aromatic carbocycles. The fourth-order valence-electron chi connectivity index (χ4n) is 3.26. The highest BCUT2D eigenvalue weighted by molar-refractivity contribution is 7.91. The minimum Gasteiger partial charge on any atom is -0.606 e. The van der Waals surface area contributed by atoms with Crippen molar-refractivity contribution < 1.29 is 9.29 Å². The van der Waals surface area contributed by atoms with Gasteiger partial charge in [-0.2, -0.15) is 0 Å². The monoisotopic (exact) mass is 376 g/mol. The second-order valence-corrected chi connectivity index (χ2v) is 8.32. The van der Waals surface area contributed by atoms with Crippen molar-refractivity contribution in [3.05, 3.63) is 52.5 Å². The molecule has 1 heterocycles. The molecule has 1 aliphatic rings. The van der Waals surface area contributed by atoms with Crippen LogP contribution in [0.2, 0.25) is 5.02 Å². The topological polar surface area (TPSA) is 32.3 Å². The normalized spacial score (nSPS) is 15.6. The third-order valence-corrected chi connectivity index (χ3v) is 6.62. The molecule has 25 heavy (non-hydrogen) atoms. The smallest absolute Gasteiger partial charge is 0.205 e. The van der Waals surface area contributed by atoms with Crippen LogP contribution in [0.25, 0.3) is 0 Å². The van der Waals surface area contributed by atoms with Crippen molar-refractivity contribution in [1.29, 1.82) is 0 Å². The minimum absolute atomic E-state index is 0.666. The maximum atomic E-state index is 13.1. The van der Waals surface area contributed by atoms with Gasteiger partial charge in [-0.3, -0.25) is 0 Å². The second-order valence-electron chi connectivity index (χ2n) is 6.52. The number of rotatable bonds is 8. The molecule has 1 atom stereocenters. The molecule has 0 amide bonds. The van der Waals surface area contributed by atoms with Gasteiger partial charge in [-0.1, -0.05) is 68.8 Å². The summed E-state index contributed by atoms with van der Waals surface area (Å²) in [5, 5.41) is 0.671. The molecule has 0 saturated heterocycles. The number of fused-ring (bicyclic) bond motifs is 2. The lowest BCUT2D eigenvalue weighted by molar-refractivity contribution is 0.296. The first-order chi connectivity index (χ1) is 12.2. The fraction of sp³-hybridized carbons (Fsp3) is 0.429. The van der Waals surface area contributed by atoms with Crippen LogP contribution in [0.5, 0.6) is 5.75 Å². The highest BCUT2D eigenvalue weighted by Crippen LogP contribution is 2.42. The summed E-state index contributed by atoms with van der Waals surface area (Å²) < 4.78 is 19.1. The molecule has 0 bridgehead atoms. The van der Waals surface area contributed by atoms with Crippen LogP contribution in [-0.4, -0.2) is 11.2 Å². The molecule has 3 rings (SSSR count). The summed E-state index contributed by atoms with van der Waals surface area (Å²) in [6.45, 7) is 2.89. The molecule has 1 unspecified atom stereocenters. The van der Waals surface area contributed by atoms with Crippen molar-refractivity contribution in [3.63, 3.8) is 0 Å². The van der Waals surface area contributed by atoms with Gasteiger partial charge in [0, 0.05) is 33.7 Å². The Hall–Kier alpha value is -1.16. The zero-order valence-electron chi connectivity index (χ0n) is 14.7. The van der Waals surface area contributed by atoms with Gasteiger partial charge >= 0.3 is 0 Å². The largest absolute Gasteiger partial charge is 0.606 e. The Labute approximate surface area is 158 Å². The highest BCUT2D eigenvalue weighted by Gasteiger charge is 2.33. The number of hydrogen-bond acceptors (Lipinski definition) is 2.